The zero-order valence-corrected chi connectivity index (χ0v) is 16.8. The van der Waals surface area contributed by atoms with Gasteiger partial charge in [-0.15, -0.1) is 0 Å². The van der Waals surface area contributed by atoms with Gasteiger partial charge in [0.25, 0.3) is 0 Å². The SMILES string of the molecule is O=S(=O)(c1cccc(Cl)c1Cl)N1CCN(c2ncnc3ccc(F)cc23)CC1. The quantitative estimate of drug-likeness (QED) is 0.622. The van der Waals surface area contributed by atoms with Gasteiger partial charge in [-0.25, -0.2) is 22.8 Å². The first-order chi connectivity index (χ1) is 13.4. The van der Waals surface area contributed by atoms with Crippen LogP contribution in [-0.4, -0.2) is 48.9 Å². The monoisotopic (exact) mass is 440 g/mol. The van der Waals surface area contributed by atoms with E-state index < -0.39 is 10.0 Å². The van der Waals surface area contributed by atoms with Crippen molar-refractivity contribution in [2.75, 3.05) is 31.1 Å². The van der Waals surface area contributed by atoms with Crippen LogP contribution < -0.4 is 4.90 Å². The fourth-order valence-electron chi connectivity index (χ4n) is 3.23. The molecule has 6 nitrogen and oxygen atoms in total. The number of aromatic nitrogens is 2. The van der Waals surface area contributed by atoms with E-state index >= 15 is 0 Å². The number of benzene rings is 2. The third-order valence-corrected chi connectivity index (χ3v) is 7.52. The Morgan fingerprint density at radius 3 is 2.50 bits per heavy atom. The van der Waals surface area contributed by atoms with Crippen molar-refractivity contribution in [3.63, 3.8) is 0 Å². The first kappa shape index (κ1) is 19.3. The number of halogens is 3. The number of nitrogens with zero attached hydrogens (tertiary/aromatic N) is 4. The lowest BCUT2D eigenvalue weighted by Gasteiger charge is -2.35. The van der Waals surface area contributed by atoms with Crippen LogP contribution in [0.25, 0.3) is 10.9 Å². The number of hydrogen-bond donors (Lipinski definition) is 0. The maximum Gasteiger partial charge on any atom is 0.244 e. The predicted octanol–water partition coefficient (Wildman–Crippen LogP) is 3.59. The van der Waals surface area contributed by atoms with Crippen molar-refractivity contribution >= 4 is 49.9 Å². The van der Waals surface area contributed by atoms with Crippen molar-refractivity contribution in [3.05, 3.63) is 58.6 Å². The molecule has 0 bridgehead atoms. The van der Waals surface area contributed by atoms with Crippen LogP contribution in [0.4, 0.5) is 10.2 Å². The molecule has 2 aromatic carbocycles. The van der Waals surface area contributed by atoms with Gasteiger partial charge in [0, 0.05) is 31.6 Å². The van der Waals surface area contributed by atoms with Crippen LogP contribution >= 0.6 is 23.2 Å². The summed E-state index contributed by atoms with van der Waals surface area (Å²) in [5.41, 5.74) is 0.632. The molecule has 1 saturated heterocycles. The Kier molecular flexibility index (Phi) is 5.13. The molecule has 0 saturated carbocycles. The van der Waals surface area contributed by atoms with E-state index in [1.165, 1.54) is 28.8 Å². The number of fused-ring (bicyclic) bond motifs is 1. The molecule has 4 rings (SSSR count). The van der Waals surface area contributed by atoms with E-state index in [9.17, 15) is 12.8 Å². The Balaban J connectivity index is 1.59. The third-order valence-electron chi connectivity index (χ3n) is 4.65. The molecule has 1 aromatic heterocycles. The number of anilines is 1. The van der Waals surface area contributed by atoms with Gasteiger partial charge >= 0.3 is 0 Å². The molecule has 0 aliphatic carbocycles. The van der Waals surface area contributed by atoms with E-state index in [0.29, 0.717) is 29.8 Å². The van der Waals surface area contributed by atoms with Crippen LogP contribution in [-0.2, 0) is 10.0 Å². The average Bonchev–Trinajstić information content (AvgIpc) is 2.69. The smallest absolute Gasteiger partial charge is 0.244 e. The molecule has 0 amide bonds. The van der Waals surface area contributed by atoms with E-state index in [-0.39, 0.29) is 33.8 Å². The first-order valence-electron chi connectivity index (χ1n) is 8.47. The summed E-state index contributed by atoms with van der Waals surface area (Å²) >= 11 is 12.1. The van der Waals surface area contributed by atoms with Crippen LogP contribution in [0, 0.1) is 5.82 Å². The van der Waals surface area contributed by atoms with Crippen molar-refractivity contribution in [1.29, 1.82) is 0 Å². The molecule has 1 fully saturated rings. The molecule has 1 aliphatic rings. The second kappa shape index (κ2) is 7.44. The fraction of sp³-hybridized carbons (Fsp3) is 0.222. The minimum absolute atomic E-state index is 0.00956. The molecular formula is C18H15Cl2FN4O2S. The van der Waals surface area contributed by atoms with Gasteiger partial charge in [0.2, 0.25) is 10.0 Å². The van der Waals surface area contributed by atoms with Gasteiger partial charge in [-0.3, -0.25) is 0 Å². The molecule has 3 aromatic rings. The zero-order chi connectivity index (χ0) is 19.9. The standard InChI is InChI=1S/C18H15Cl2FN4O2S/c19-14-2-1-3-16(17(14)20)28(26,27)25-8-6-24(7-9-25)18-13-10-12(21)4-5-15(13)22-11-23-18/h1-5,10-11H,6-9H2. The summed E-state index contributed by atoms with van der Waals surface area (Å²) in [4.78, 5) is 10.4. The minimum atomic E-state index is -3.77. The van der Waals surface area contributed by atoms with Crippen molar-refractivity contribution in [2.24, 2.45) is 0 Å². The Morgan fingerprint density at radius 2 is 1.75 bits per heavy atom. The Bertz CT molecular complexity index is 1150. The van der Waals surface area contributed by atoms with Crippen LogP contribution in [0.2, 0.25) is 10.0 Å². The second-order valence-corrected chi connectivity index (χ2v) is 8.99. The van der Waals surface area contributed by atoms with Gasteiger partial charge in [-0.05, 0) is 30.3 Å². The van der Waals surface area contributed by atoms with E-state index in [2.05, 4.69) is 9.97 Å². The van der Waals surface area contributed by atoms with Crippen molar-refractivity contribution in [2.45, 2.75) is 4.90 Å². The fourth-order valence-corrected chi connectivity index (χ4v) is 5.39. The molecule has 0 atom stereocenters. The molecule has 2 heterocycles. The van der Waals surface area contributed by atoms with Gasteiger partial charge in [-0.2, -0.15) is 4.31 Å². The largest absolute Gasteiger partial charge is 0.353 e. The third kappa shape index (κ3) is 3.41. The average molecular weight is 441 g/mol. The minimum Gasteiger partial charge on any atom is -0.353 e. The summed E-state index contributed by atoms with van der Waals surface area (Å²) in [7, 11) is -3.77. The van der Waals surface area contributed by atoms with Gasteiger partial charge in [0.15, 0.2) is 0 Å². The van der Waals surface area contributed by atoms with Crippen LogP contribution in [0.1, 0.15) is 0 Å². The summed E-state index contributed by atoms with van der Waals surface area (Å²) < 4.78 is 40.9. The number of rotatable bonds is 3. The highest BCUT2D eigenvalue weighted by atomic mass is 35.5. The summed E-state index contributed by atoms with van der Waals surface area (Å²) in [6.45, 7) is 1.29. The summed E-state index contributed by atoms with van der Waals surface area (Å²) in [5, 5.41) is 0.802. The molecule has 0 spiro atoms. The van der Waals surface area contributed by atoms with Gasteiger partial charge in [0.05, 0.1) is 15.6 Å². The van der Waals surface area contributed by atoms with Crippen molar-refractivity contribution in [1.82, 2.24) is 14.3 Å². The molecule has 0 N–H and O–H groups in total. The van der Waals surface area contributed by atoms with E-state index in [0.717, 1.165) is 0 Å². The van der Waals surface area contributed by atoms with Gasteiger partial charge in [0.1, 0.15) is 22.9 Å². The maximum atomic E-state index is 13.7. The van der Waals surface area contributed by atoms with Crippen LogP contribution in [0.3, 0.4) is 0 Å². The normalized spacial score (nSPS) is 15.9. The van der Waals surface area contributed by atoms with E-state index in [4.69, 9.17) is 23.2 Å². The summed E-state index contributed by atoms with van der Waals surface area (Å²) in [6, 6.07) is 8.87. The van der Waals surface area contributed by atoms with Gasteiger partial charge in [-0.1, -0.05) is 29.3 Å². The summed E-state index contributed by atoms with van der Waals surface area (Å²) in [5.74, 6) is 0.211. The number of piperazine rings is 1. The number of hydrogen-bond acceptors (Lipinski definition) is 5. The molecule has 146 valence electrons. The highest BCUT2D eigenvalue weighted by Gasteiger charge is 2.31. The van der Waals surface area contributed by atoms with Crippen molar-refractivity contribution < 1.29 is 12.8 Å². The van der Waals surface area contributed by atoms with E-state index in [1.54, 1.807) is 18.2 Å². The molecule has 1 aliphatic heterocycles. The lowest BCUT2D eigenvalue weighted by Crippen LogP contribution is -2.49. The highest BCUT2D eigenvalue weighted by molar-refractivity contribution is 7.89. The predicted molar refractivity (Wildman–Crippen MR) is 107 cm³/mol. The topological polar surface area (TPSA) is 66.4 Å². The molecule has 10 heteroatoms. The van der Waals surface area contributed by atoms with Gasteiger partial charge < -0.3 is 4.90 Å². The van der Waals surface area contributed by atoms with Crippen LogP contribution in [0.15, 0.2) is 47.6 Å². The van der Waals surface area contributed by atoms with Crippen LogP contribution in [0.5, 0.6) is 0 Å². The first-order valence-corrected chi connectivity index (χ1v) is 10.7. The highest BCUT2D eigenvalue weighted by Crippen LogP contribution is 2.32. The maximum absolute atomic E-state index is 13.7. The lowest BCUT2D eigenvalue weighted by atomic mass is 10.2. The molecule has 0 radical (unpaired) electrons. The second-order valence-electron chi connectivity index (χ2n) is 6.30. The molecular weight excluding hydrogens is 426 g/mol. The van der Waals surface area contributed by atoms with E-state index in [1.807, 2.05) is 4.90 Å². The Hall–Kier alpha value is -2.00. The zero-order valence-electron chi connectivity index (χ0n) is 14.5. The molecule has 28 heavy (non-hydrogen) atoms. The Labute approximate surface area is 171 Å². The lowest BCUT2D eigenvalue weighted by molar-refractivity contribution is 0.384. The van der Waals surface area contributed by atoms with Crippen molar-refractivity contribution in [3.8, 4) is 0 Å². The number of sulfonamides is 1. The molecule has 0 unspecified atom stereocenters. The summed E-state index contributed by atoms with van der Waals surface area (Å²) in [6.07, 6.45) is 1.42. The Morgan fingerprint density at radius 1 is 1.00 bits per heavy atom.